The Morgan fingerprint density at radius 1 is 1.54 bits per heavy atom. The van der Waals surface area contributed by atoms with Gasteiger partial charge in [0, 0.05) is 11.6 Å². The molecule has 1 aromatic rings. The molecule has 0 radical (unpaired) electrons. The number of phenols is 1. The van der Waals surface area contributed by atoms with Gasteiger partial charge in [-0.05, 0) is 47.4 Å². The maximum Gasteiger partial charge on any atom is 0.134 e. The van der Waals surface area contributed by atoms with Crippen LogP contribution in [-0.4, -0.2) is 11.7 Å². The van der Waals surface area contributed by atoms with Gasteiger partial charge >= 0.3 is 0 Å². The van der Waals surface area contributed by atoms with Gasteiger partial charge in [-0.3, -0.25) is 0 Å². The van der Waals surface area contributed by atoms with Crippen LogP contribution in [0.5, 0.6) is 5.75 Å². The minimum atomic E-state index is 0.251. The van der Waals surface area contributed by atoms with Crippen molar-refractivity contribution in [3.05, 3.63) is 27.7 Å². The molecule has 0 spiro atoms. The monoisotopic (exact) mass is 241 g/mol. The molecule has 1 aliphatic rings. The predicted molar refractivity (Wildman–Crippen MR) is 55.9 cm³/mol. The van der Waals surface area contributed by atoms with E-state index >= 15 is 0 Å². The van der Waals surface area contributed by atoms with Gasteiger partial charge in [0.1, 0.15) is 5.75 Å². The number of aromatic hydroxyl groups is 1. The molecule has 1 aliphatic heterocycles. The third-order valence-electron chi connectivity index (χ3n) is 2.54. The Labute approximate surface area is 86.1 Å². The Hall–Kier alpha value is -0.540. The van der Waals surface area contributed by atoms with Gasteiger partial charge in [-0.1, -0.05) is 6.07 Å². The van der Waals surface area contributed by atoms with Gasteiger partial charge in [0.2, 0.25) is 0 Å². The van der Waals surface area contributed by atoms with E-state index in [-0.39, 0.29) is 6.04 Å². The standard InChI is InChI=1S/C10H12BrNO/c1-6-9-7(4-5-12-6)2-3-8(11)10(9)13/h2-3,6,12-13H,4-5H2,1H3. The molecular weight excluding hydrogens is 230 g/mol. The summed E-state index contributed by atoms with van der Waals surface area (Å²) in [6.07, 6.45) is 1.00. The third kappa shape index (κ3) is 1.46. The average molecular weight is 242 g/mol. The van der Waals surface area contributed by atoms with Crippen LogP contribution in [-0.2, 0) is 6.42 Å². The van der Waals surface area contributed by atoms with Crippen molar-refractivity contribution < 1.29 is 5.11 Å². The molecule has 0 saturated carbocycles. The van der Waals surface area contributed by atoms with Gasteiger partial charge in [0.15, 0.2) is 0 Å². The molecule has 0 aliphatic carbocycles. The van der Waals surface area contributed by atoms with Gasteiger partial charge < -0.3 is 10.4 Å². The summed E-state index contributed by atoms with van der Waals surface area (Å²) < 4.78 is 0.779. The number of halogens is 1. The van der Waals surface area contributed by atoms with Crippen LogP contribution in [0.1, 0.15) is 24.1 Å². The zero-order chi connectivity index (χ0) is 9.42. The van der Waals surface area contributed by atoms with Crippen molar-refractivity contribution in [2.24, 2.45) is 0 Å². The molecule has 0 fully saturated rings. The molecule has 1 heterocycles. The maximum absolute atomic E-state index is 9.83. The SMILES string of the molecule is CC1NCCc2ccc(Br)c(O)c21. The van der Waals surface area contributed by atoms with Crippen molar-refractivity contribution in [1.82, 2.24) is 5.32 Å². The van der Waals surface area contributed by atoms with Gasteiger partial charge in [-0.15, -0.1) is 0 Å². The molecular formula is C10H12BrNO. The van der Waals surface area contributed by atoms with Crippen molar-refractivity contribution >= 4 is 15.9 Å². The second-order valence-electron chi connectivity index (χ2n) is 3.39. The van der Waals surface area contributed by atoms with Crippen LogP contribution in [0.15, 0.2) is 16.6 Å². The van der Waals surface area contributed by atoms with E-state index in [1.54, 1.807) is 0 Å². The summed E-state index contributed by atoms with van der Waals surface area (Å²) >= 11 is 3.32. The van der Waals surface area contributed by atoms with E-state index in [2.05, 4.69) is 34.2 Å². The van der Waals surface area contributed by atoms with E-state index in [0.29, 0.717) is 5.75 Å². The lowest BCUT2D eigenvalue weighted by molar-refractivity contribution is 0.439. The maximum atomic E-state index is 9.83. The van der Waals surface area contributed by atoms with Gasteiger partial charge in [0.05, 0.1) is 4.47 Å². The zero-order valence-corrected chi connectivity index (χ0v) is 9.06. The van der Waals surface area contributed by atoms with Crippen LogP contribution in [0, 0.1) is 0 Å². The van der Waals surface area contributed by atoms with E-state index in [0.717, 1.165) is 23.0 Å². The van der Waals surface area contributed by atoms with Crippen LogP contribution >= 0.6 is 15.9 Å². The highest BCUT2D eigenvalue weighted by molar-refractivity contribution is 9.10. The summed E-state index contributed by atoms with van der Waals surface area (Å²) in [4.78, 5) is 0. The molecule has 2 rings (SSSR count). The highest BCUT2D eigenvalue weighted by Crippen LogP contribution is 2.36. The van der Waals surface area contributed by atoms with Crippen LogP contribution in [0.25, 0.3) is 0 Å². The van der Waals surface area contributed by atoms with Crippen LogP contribution < -0.4 is 5.32 Å². The first-order valence-corrected chi connectivity index (χ1v) is 5.23. The fourth-order valence-electron chi connectivity index (χ4n) is 1.85. The minimum Gasteiger partial charge on any atom is -0.506 e. The summed E-state index contributed by atoms with van der Waals surface area (Å²) in [5.41, 5.74) is 2.30. The predicted octanol–water partition coefficient (Wildman–Crippen LogP) is 2.36. The second kappa shape index (κ2) is 3.31. The lowest BCUT2D eigenvalue weighted by Gasteiger charge is -2.25. The van der Waals surface area contributed by atoms with Gasteiger partial charge in [0.25, 0.3) is 0 Å². The highest BCUT2D eigenvalue weighted by Gasteiger charge is 2.20. The number of hydrogen-bond donors (Lipinski definition) is 2. The fourth-order valence-corrected chi connectivity index (χ4v) is 2.20. The van der Waals surface area contributed by atoms with Crippen molar-refractivity contribution in [3.63, 3.8) is 0 Å². The van der Waals surface area contributed by atoms with Crippen molar-refractivity contribution in [3.8, 4) is 5.75 Å². The second-order valence-corrected chi connectivity index (χ2v) is 4.25. The van der Waals surface area contributed by atoms with Crippen molar-refractivity contribution in [2.75, 3.05) is 6.54 Å². The molecule has 0 aromatic heterocycles. The molecule has 1 aromatic carbocycles. The molecule has 0 bridgehead atoms. The van der Waals surface area contributed by atoms with Crippen LogP contribution in [0.3, 0.4) is 0 Å². The topological polar surface area (TPSA) is 32.3 Å². The van der Waals surface area contributed by atoms with E-state index in [1.807, 2.05) is 6.07 Å². The lowest BCUT2D eigenvalue weighted by atomic mass is 9.94. The molecule has 1 atom stereocenters. The summed E-state index contributed by atoms with van der Waals surface area (Å²) in [6.45, 7) is 3.07. The molecule has 0 amide bonds. The van der Waals surface area contributed by atoms with E-state index in [1.165, 1.54) is 5.56 Å². The zero-order valence-electron chi connectivity index (χ0n) is 7.47. The molecule has 3 heteroatoms. The molecule has 2 N–H and O–H groups in total. The first kappa shape index (κ1) is 9.03. The lowest BCUT2D eigenvalue weighted by Crippen LogP contribution is -2.27. The summed E-state index contributed by atoms with van der Waals surface area (Å²) in [5, 5.41) is 13.2. The number of rotatable bonds is 0. The van der Waals surface area contributed by atoms with Crippen molar-refractivity contribution in [1.29, 1.82) is 0 Å². The summed E-state index contributed by atoms with van der Waals surface area (Å²) in [7, 11) is 0. The van der Waals surface area contributed by atoms with Crippen molar-refractivity contribution in [2.45, 2.75) is 19.4 Å². The third-order valence-corrected chi connectivity index (χ3v) is 3.18. The number of hydrogen-bond acceptors (Lipinski definition) is 2. The number of fused-ring (bicyclic) bond motifs is 1. The quantitative estimate of drug-likeness (QED) is 0.731. The molecule has 70 valence electrons. The van der Waals surface area contributed by atoms with Gasteiger partial charge in [-0.25, -0.2) is 0 Å². The minimum absolute atomic E-state index is 0.251. The number of phenolic OH excluding ortho intramolecular Hbond substituents is 1. The fraction of sp³-hybridized carbons (Fsp3) is 0.400. The Bertz CT molecular complexity index is 338. The summed E-state index contributed by atoms with van der Waals surface area (Å²) in [5.74, 6) is 0.386. The molecule has 13 heavy (non-hydrogen) atoms. The Morgan fingerprint density at radius 2 is 2.31 bits per heavy atom. The molecule has 2 nitrogen and oxygen atoms in total. The number of nitrogens with one attached hydrogen (secondary N) is 1. The Kier molecular flexibility index (Phi) is 2.30. The van der Waals surface area contributed by atoms with E-state index in [4.69, 9.17) is 0 Å². The van der Waals surface area contributed by atoms with E-state index < -0.39 is 0 Å². The highest BCUT2D eigenvalue weighted by atomic mass is 79.9. The number of benzene rings is 1. The first-order valence-electron chi connectivity index (χ1n) is 4.44. The van der Waals surface area contributed by atoms with Crippen LogP contribution in [0.2, 0.25) is 0 Å². The molecule has 0 saturated heterocycles. The smallest absolute Gasteiger partial charge is 0.134 e. The molecule has 1 unspecified atom stereocenters. The van der Waals surface area contributed by atoms with Gasteiger partial charge in [-0.2, -0.15) is 0 Å². The Balaban J connectivity index is 2.58. The summed E-state index contributed by atoms with van der Waals surface area (Å²) in [6, 6.07) is 4.24. The Morgan fingerprint density at radius 3 is 3.08 bits per heavy atom. The first-order chi connectivity index (χ1) is 6.20. The average Bonchev–Trinajstić information content (AvgIpc) is 2.12. The largest absolute Gasteiger partial charge is 0.506 e. The normalized spacial score (nSPS) is 21.2. The van der Waals surface area contributed by atoms with E-state index in [9.17, 15) is 5.11 Å². The van der Waals surface area contributed by atoms with Crippen LogP contribution in [0.4, 0.5) is 0 Å².